The molecular formula is C24H36IN3O4. The van der Waals surface area contributed by atoms with Crippen LogP contribution in [-0.4, -0.2) is 51.1 Å². The largest absolute Gasteiger partial charge is 0.493 e. The van der Waals surface area contributed by atoms with Crippen molar-refractivity contribution in [2.75, 3.05) is 40.0 Å². The topological polar surface area (TPSA) is 84.3 Å². The van der Waals surface area contributed by atoms with Crippen LogP contribution in [0.4, 0.5) is 0 Å². The summed E-state index contributed by atoms with van der Waals surface area (Å²) >= 11 is 0. The minimum absolute atomic E-state index is 0. The van der Waals surface area contributed by atoms with Gasteiger partial charge in [0.1, 0.15) is 6.61 Å². The normalized spacial score (nSPS) is 11.9. The van der Waals surface area contributed by atoms with Crippen LogP contribution in [0.3, 0.4) is 0 Å². The number of halogens is 1. The van der Waals surface area contributed by atoms with Gasteiger partial charge in [0, 0.05) is 13.1 Å². The van der Waals surface area contributed by atoms with Crippen molar-refractivity contribution in [2.45, 2.75) is 27.0 Å². The second-order valence-electron chi connectivity index (χ2n) is 7.24. The zero-order valence-electron chi connectivity index (χ0n) is 19.2. The van der Waals surface area contributed by atoms with Crippen molar-refractivity contribution in [3.8, 4) is 11.5 Å². The van der Waals surface area contributed by atoms with E-state index < -0.39 is 0 Å². The number of nitrogens with one attached hydrogen (secondary N) is 2. The molecule has 0 saturated heterocycles. The van der Waals surface area contributed by atoms with Gasteiger partial charge in [-0.15, -0.1) is 24.0 Å². The number of guanidine groups is 1. The van der Waals surface area contributed by atoms with Gasteiger partial charge in [-0.1, -0.05) is 43.3 Å². The van der Waals surface area contributed by atoms with E-state index in [9.17, 15) is 0 Å². The molecule has 0 aliphatic heterocycles. The van der Waals surface area contributed by atoms with E-state index in [-0.39, 0.29) is 37.2 Å². The molecule has 0 spiro atoms. The molecule has 2 aromatic rings. The van der Waals surface area contributed by atoms with E-state index in [1.54, 1.807) is 7.11 Å². The average molecular weight is 557 g/mol. The molecule has 7 nitrogen and oxygen atoms in total. The standard InChI is InChI=1S/C24H35N3O4.HI/c1-4-25-24(26-15-19(2)17-30-18-20-8-6-5-7-9-20)27-16-21-10-11-22(31-13-12-28)23(14-21)29-3;/h5-11,14,19,28H,4,12-13,15-18H2,1-3H3,(H2,25,26,27);1H. The van der Waals surface area contributed by atoms with E-state index in [0.29, 0.717) is 37.2 Å². The Kier molecular flexibility index (Phi) is 14.5. The average Bonchev–Trinajstić information content (AvgIpc) is 2.80. The molecule has 0 amide bonds. The van der Waals surface area contributed by atoms with Gasteiger partial charge in [0.15, 0.2) is 17.5 Å². The monoisotopic (exact) mass is 557 g/mol. The van der Waals surface area contributed by atoms with Gasteiger partial charge < -0.3 is 30.0 Å². The first-order valence-corrected chi connectivity index (χ1v) is 10.7. The number of hydrogen-bond donors (Lipinski definition) is 3. The van der Waals surface area contributed by atoms with Gasteiger partial charge in [-0.25, -0.2) is 4.99 Å². The predicted molar refractivity (Wildman–Crippen MR) is 139 cm³/mol. The van der Waals surface area contributed by atoms with Crippen molar-refractivity contribution in [1.29, 1.82) is 0 Å². The highest BCUT2D eigenvalue weighted by Crippen LogP contribution is 2.28. The van der Waals surface area contributed by atoms with Crippen molar-refractivity contribution in [2.24, 2.45) is 10.9 Å². The van der Waals surface area contributed by atoms with Crippen LogP contribution in [-0.2, 0) is 17.9 Å². The van der Waals surface area contributed by atoms with E-state index in [1.807, 2.05) is 43.3 Å². The molecule has 8 heteroatoms. The second kappa shape index (κ2) is 16.6. The van der Waals surface area contributed by atoms with E-state index in [2.05, 4.69) is 34.7 Å². The van der Waals surface area contributed by atoms with Gasteiger partial charge in [0.05, 0.1) is 33.5 Å². The number of hydrogen-bond acceptors (Lipinski definition) is 5. The summed E-state index contributed by atoms with van der Waals surface area (Å²) in [6.07, 6.45) is 0. The summed E-state index contributed by atoms with van der Waals surface area (Å²) in [5.41, 5.74) is 2.19. The first-order valence-electron chi connectivity index (χ1n) is 10.7. The highest BCUT2D eigenvalue weighted by Gasteiger charge is 2.07. The molecule has 2 rings (SSSR count). The van der Waals surface area contributed by atoms with Crippen molar-refractivity contribution in [1.82, 2.24) is 10.6 Å². The number of ether oxygens (including phenoxy) is 3. The fourth-order valence-corrected chi connectivity index (χ4v) is 2.88. The molecule has 0 fully saturated rings. The third kappa shape index (κ3) is 10.5. The van der Waals surface area contributed by atoms with E-state index in [1.165, 1.54) is 5.56 Å². The summed E-state index contributed by atoms with van der Waals surface area (Å²) in [6.45, 7) is 7.73. The lowest BCUT2D eigenvalue weighted by Crippen LogP contribution is -2.40. The fraction of sp³-hybridized carbons (Fsp3) is 0.458. The van der Waals surface area contributed by atoms with E-state index in [4.69, 9.17) is 19.3 Å². The summed E-state index contributed by atoms with van der Waals surface area (Å²) in [7, 11) is 1.60. The van der Waals surface area contributed by atoms with Crippen LogP contribution in [0.5, 0.6) is 11.5 Å². The van der Waals surface area contributed by atoms with Crippen LogP contribution in [0.2, 0.25) is 0 Å². The van der Waals surface area contributed by atoms with Gasteiger partial charge in [-0.3, -0.25) is 0 Å². The molecule has 3 N–H and O–H groups in total. The summed E-state index contributed by atoms with van der Waals surface area (Å²) in [5.74, 6) is 2.34. The Labute approximate surface area is 208 Å². The van der Waals surface area contributed by atoms with Gasteiger partial charge in [-0.2, -0.15) is 0 Å². The molecule has 0 bridgehead atoms. The molecule has 0 radical (unpaired) electrons. The summed E-state index contributed by atoms with van der Waals surface area (Å²) in [4.78, 5) is 4.67. The molecule has 32 heavy (non-hydrogen) atoms. The molecule has 0 heterocycles. The molecule has 2 aromatic carbocycles. The van der Waals surface area contributed by atoms with Gasteiger partial charge in [-0.05, 0) is 36.1 Å². The Balaban J connectivity index is 0.00000512. The number of benzene rings is 2. The SMILES string of the molecule is CCNC(=NCc1ccc(OCCO)c(OC)c1)NCC(C)COCc1ccccc1.I. The molecular weight excluding hydrogens is 521 g/mol. The lowest BCUT2D eigenvalue weighted by Gasteiger charge is -2.16. The second-order valence-corrected chi connectivity index (χ2v) is 7.24. The van der Waals surface area contributed by atoms with Gasteiger partial charge in [0.2, 0.25) is 0 Å². The summed E-state index contributed by atoms with van der Waals surface area (Å²) in [5, 5.41) is 15.6. The Bertz CT molecular complexity index is 790. The number of rotatable bonds is 13. The molecule has 1 atom stereocenters. The molecule has 0 aromatic heterocycles. The molecule has 0 saturated carbocycles. The van der Waals surface area contributed by atoms with E-state index >= 15 is 0 Å². The Hall–Kier alpha value is -2.04. The first-order chi connectivity index (χ1) is 15.2. The number of aliphatic hydroxyl groups excluding tert-OH is 1. The lowest BCUT2D eigenvalue weighted by atomic mass is 10.2. The zero-order valence-corrected chi connectivity index (χ0v) is 21.5. The van der Waals surface area contributed by atoms with Crippen LogP contribution < -0.4 is 20.1 Å². The molecule has 0 aliphatic rings. The van der Waals surface area contributed by atoms with Crippen molar-refractivity contribution < 1.29 is 19.3 Å². The minimum atomic E-state index is -0.0391. The molecule has 178 valence electrons. The third-order valence-corrected chi connectivity index (χ3v) is 4.47. The Morgan fingerprint density at radius 2 is 1.84 bits per heavy atom. The van der Waals surface area contributed by atoms with Crippen LogP contribution in [0.25, 0.3) is 0 Å². The summed E-state index contributed by atoms with van der Waals surface area (Å²) in [6, 6.07) is 15.9. The Morgan fingerprint density at radius 1 is 1.06 bits per heavy atom. The van der Waals surface area contributed by atoms with Gasteiger partial charge in [0.25, 0.3) is 0 Å². The highest BCUT2D eigenvalue weighted by atomic mass is 127. The van der Waals surface area contributed by atoms with Crippen molar-refractivity contribution in [3.05, 3.63) is 59.7 Å². The first kappa shape index (κ1) is 28.0. The van der Waals surface area contributed by atoms with Gasteiger partial charge >= 0.3 is 0 Å². The number of aliphatic hydroxyl groups is 1. The quantitative estimate of drug-likeness (QED) is 0.198. The fourth-order valence-electron chi connectivity index (χ4n) is 2.88. The third-order valence-electron chi connectivity index (χ3n) is 4.47. The minimum Gasteiger partial charge on any atom is -0.493 e. The molecule has 0 aliphatic carbocycles. The lowest BCUT2D eigenvalue weighted by molar-refractivity contribution is 0.0931. The number of nitrogens with zero attached hydrogens (tertiary/aromatic N) is 1. The van der Waals surface area contributed by atoms with E-state index in [0.717, 1.165) is 24.6 Å². The number of aliphatic imine (C=N–C) groups is 1. The van der Waals surface area contributed by atoms with Crippen LogP contribution in [0.1, 0.15) is 25.0 Å². The Morgan fingerprint density at radius 3 is 2.53 bits per heavy atom. The van der Waals surface area contributed by atoms with Crippen molar-refractivity contribution in [3.63, 3.8) is 0 Å². The van der Waals surface area contributed by atoms with Crippen LogP contribution >= 0.6 is 24.0 Å². The maximum atomic E-state index is 8.93. The smallest absolute Gasteiger partial charge is 0.191 e. The predicted octanol–water partition coefficient (Wildman–Crippen LogP) is 3.59. The van der Waals surface area contributed by atoms with Crippen LogP contribution in [0.15, 0.2) is 53.5 Å². The zero-order chi connectivity index (χ0) is 22.3. The van der Waals surface area contributed by atoms with Crippen LogP contribution in [0, 0.1) is 5.92 Å². The number of methoxy groups -OCH3 is 1. The maximum Gasteiger partial charge on any atom is 0.191 e. The maximum absolute atomic E-state index is 8.93. The molecule has 1 unspecified atom stereocenters. The van der Waals surface area contributed by atoms with Crippen molar-refractivity contribution >= 4 is 29.9 Å². The summed E-state index contributed by atoms with van der Waals surface area (Å²) < 4.78 is 16.7. The highest BCUT2D eigenvalue weighted by molar-refractivity contribution is 14.0.